The molecule has 1 aliphatic carbocycles. The highest BCUT2D eigenvalue weighted by Crippen LogP contribution is 2.32. The van der Waals surface area contributed by atoms with Gasteiger partial charge in [-0.25, -0.2) is 8.42 Å². The molecule has 1 aromatic carbocycles. The fraction of sp³-hybridized carbons (Fsp3) is 0.636. The van der Waals surface area contributed by atoms with E-state index in [1.807, 2.05) is 0 Å². The molecular formula is C22H32N2O4S. The quantitative estimate of drug-likeness (QED) is 0.740. The lowest BCUT2D eigenvalue weighted by atomic mass is 9.78. The summed E-state index contributed by atoms with van der Waals surface area (Å²) >= 11 is 0. The van der Waals surface area contributed by atoms with Gasteiger partial charge in [-0.2, -0.15) is 4.31 Å². The first-order valence-corrected chi connectivity index (χ1v) is 12.0. The molecule has 1 aliphatic heterocycles. The zero-order valence-corrected chi connectivity index (χ0v) is 18.4. The van der Waals surface area contributed by atoms with Crippen molar-refractivity contribution in [3.05, 3.63) is 29.8 Å². The summed E-state index contributed by atoms with van der Waals surface area (Å²) < 4.78 is 27.3. The lowest BCUT2D eigenvalue weighted by molar-refractivity contribution is -0.128. The smallest absolute Gasteiger partial charge is 0.243 e. The highest BCUT2D eigenvalue weighted by Gasteiger charge is 2.36. The van der Waals surface area contributed by atoms with Crippen molar-refractivity contribution in [2.75, 3.05) is 13.1 Å². The van der Waals surface area contributed by atoms with Crippen LogP contribution in [-0.4, -0.2) is 43.0 Å². The molecule has 2 aliphatic rings. The lowest BCUT2D eigenvalue weighted by Gasteiger charge is -2.39. The average molecular weight is 421 g/mol. The van der Waals surface area contributed by atoms with Crippen LogP contribution in [0.25, 0.3) is 0 Å². The molecule has 160 valence electrons. The van der Waals surface area contributed by atoms with Gasteiger partial charge in [-0.1, -0.05) is 19.1 Å². The van der Waals surface area contributed by atoms with Gasteiger partial charge < -0.3 is 5.32 Å². The minimum Gasteiger partial charge on any atom is -0.351 e. The number of Topliss-reactive ketones (excluding diaryl/α,β-unsaturated/α-hetero) is 1. The monoisotopic (exact) mass is 420 g/mol. The third-order valence-corrected chi connectivity index (χ3v) is 8.40. The topological polar surface area (TPSA) is 83.6 Å². The van der Waals surface area contributed by atoms with Gasteiger partial charge in [-0.15, -0.1) is 0 Å². The first kappa shape index (κ1) is 22.0. The number of rotatable bonds is 5. The van der Waals surface area contributed by atoms with Crippen LogP contribution in [0.1, 0.15) is 69.7 Å². The van der Waals surface area contributed by atoms with E-state index in [4.69, 9.17) is 0 Å². The molecule has 0 bridgehead atoms. The van der Waals surface area contributed by atoms with E-state index < -0.39 is 10.0 Å². The molecule has 1 aromatic rings. The number of hydrogen-bond donors (Lipinski definition) is 1. The van der Waals surface area contributed by atoms with Crippen molar-refractivity contribution in [1.82, 2.24) is 9.62 Å². The number of ketones is 1. The molecule has 1 N–H and O–H groups in total. The largest absolute Gasteiger partial charge is 0.351 e. The van der Waals surface area contributed by atoms with Crippen LogP contribution >= 0.6 is 0 Å². The number of amides is 1. The molecule has 0 radical (unpaired) electrons. The molecule has 2 fully saturated rings. The minimum atomic E-state index is -3.66. The van der Waals surface area contributed by atoms with Crippen LogP contribution < -0.4 is 5.32 Å². The predicted octanol–water partition coefficient (Wildman–Crippen LogP) is 3.37. The Morgan fingerprint density at radius 3 is 2.31 bits per heavy atom. The zero-order valence-electron chi connectivity index (χ0n) is 17.6. The summed E-state index contributed by atoms with van der Waals surface area (Å²) in [4.78, 5) is 24.5. The summed E-state index contributed by atoms with van der Waals surface area (Å²) in [5.74, 6) is 0.455. The van der Waals surface area contributed by atoms with Gasteiger partial charge in [-0.3, -0.25) is 9.59 Å². The van der Waals surface area contributed by atoms with E-state index in [0.29, 0.717) is 31.5 Å². The number of carbonyl (C=O) groups is 2. The molecule has 0 aromatic heterocycles. The molecule has 1 heterocycles. The molecule has 3 rings (SSSR count). The van der Waals surface area contributed by atoms with E-state index in [2.05, 4.69) is 19.2 Å². The number of piperidine rings is 1. The molecule has 1 saturated heterocycles. The van der Waals surface area contributed by atoms with E-state index in [-0.39, 0.29) is 28.0 Å². The summed E-state index contributed by atoms with van der Waals surface area (Å²) in [6.45, 7) is 6.43. The standard InChI is InChI=1S/C22H32N2O4S/c1-16-7-11-22(3,12-8-16)23-21(26)18-9-13-24(14-10-18)29(27,28)20-6-4-5-19(15-20)17(2)25/h4-6,15-16,18H,7-14H2,1-3H3,(H,23,26). The van der Waals surface area contributed by atoms with Crippen molar-refractivity contribution < 1.29 is 18.0 Å². The van der Waals surface area contributed by atoms with Crippen molar-refractivity contribution in [3.8, 4) is 0 Å². The Morgan fingerprint density at radius 2 is 1.72 bits per heavy atom. The number of nitrogens with one attached hydrogen (secondary N) is 1. The van der Waals surface area contributed by atoms with Gasteiger partial charge in [-0.05, 0) is 70.4 Å². The third kappa shape index (κ3) is 5.07. The molecule has 1 amide bonds. The van der Waals surface area contributed by atoms with Gasteiger partial charge in [0.1, 0.15) is 0 Å². The van der Waals surface area contributed by atoms with E-state index in [9.17, 15) is 18.0 Å². The zero-order chi connectivity index (χ0) is 21.2. The van der Waals surface area contributed by atoms with Crippen LogP contribution in [0.3, 0.4) is 0 Å². The normalized spacial score (nSPS) is 26.8. The fourth-order valence-electron chi connectivity index (χ4n) is 4.31. The summed E-state index contributed by atoms with van der Waals surface area (Å²) in [6.07, 6.45) is 5.30. The van der Waals surface area contributed by atoms with Crippen molar-refractivity contribution in [2.24, 2.45) is 11.8 Å². The third-order valence-electron chi connectivity index (χ3n) is 6.51. The Morgan fingerprint density at radius 1 is 1.10 bits per heavy atom. The van der Waals surface area contributed by atoms with Crippen LogP contribution in [0.2, 0.25) is 0 Å². The van der Waals surface area contributed by atoms with E-state index in [1.165, 1.54) is 23.4 Å². The molecule has 7 heteroatoms. The predicted molar refractivity (Wildman–Crippen MR) is 112 cm³/mol. The van der Waals surface area contributed by atoms with Gasteiger partial charge >= 0.3 is 0 Å². The Bertz CT molecular complexity index is 865. The van der Waals surface area contributed by atoms with Crippen LogP contribution in [0.15, 0.2) is 29.2 Å². The maximum atomic E-state index is 13.0. The van der Waals surface area contributed by atoms with Gasteiger partial charge in [0, 0.05) is 30.1 Å². The minimum absolute atomic E-state index is 0.0534. The van der Waals surface area contributed by atoms with Gasteiger partial charge in [0.15, 0.2) is 5.78 Å². The molecule has 0 unspecified atom stereocenters. The lowest BCUT2D eigenvalue weighted by Crippen LogP contribution is -2.52. The second-order valence-corrected chi connectivity index (χ2v) is 10.9. The Balaban J connectivity index is 1.60. The van der Waals surface area contributed by atoms with Gasteiger partial charge in [0.05, 0.1) is 4.90 Å². The maximum absolute atomic E-state index is 13.0. The Hall–Kier alpha value is -1.73. The summed E-state index contributed by atoms with van der Waals surface area (Å²) in [6, 6.07) is 6.16. The van der Waals surface area contributed by atoms with Crippen molar-refractivity contribution >= 4 is 21.7 Å². The van der Waals surface area contributed by atoms with Crippen LogP contribution in [-0.2, 0) is 14.8 Å². The molecule has 0 spiro atoms. The maximum Gasteiger partial charge on any atom is 0.243 e. The number of hydrogen-bond acceptors (Lipinski definition) is 4. The van der Waals surface area contributed by atoms with Gasteiger partial charge in [0.2, 0.25) is 15.9 Å². The molecule has 0 atom stereocenters. The first-order valence-electron chi connectivity index (χ1n) is 10.5. The average Bonchev–Trinajstić information content (AvgIpc) is 2.70. The Labute approximate surface area is 174 Å². The molecular weight excluding hydrogens is 388 g/mol. The second kappa shape index (κ2) is 8.56. The van der Waals surface area contributed by atoms with Crippen molar-refractivity contribution in [1.29, 1.82) is 0 Å². The van der Waals surface area contributed by atoms with Crippen LogP contribution in [0.5, 0.6) is 0 Å². The second-order valence-electron chi connectivity index (χ2n) is 8.99. The molecule has 1 saturated carbocycles. The van der Waals surface area contributed by atoms with E-state index >= 15 is 0 Å². The highest BCUT2D eigenvalue weighted by molar-refractivity contribution is 7.89. The highest BCUT2D eigenvalue weighted by atomic mass is 32.2. The van der Waals surface area contributed by atoms with Gasteiger partial charge in [0.25, 0.3) is 0 Å². The fourth-order valence-corrected chi connectivity index (χ4v) is 5.82. The molecule has 6 nitrogen and oxygen atoms in total. The van der Waals surface area contributed by atoms with Crippen molar-refractivity contribution in [3.63, 3.8) is 0 Å². The van der Waals surface area contributed by atoms with Crippen molar-refractivity contribution in [2.45, 2.75) is 69.7 Å². The molecule has 29 heavy (non-hydrogen) atoms. The number of benzene rings is 1. The number of sulfonamides is 1. The summed E-state index contributed by atoms with van der Waals surface area (Å²) in [5.41, 5.74) is 0.246. The SMILES string of the molecule is CC(=O)c1cccc(S(=O)(=O)N2CCC(C(=O)NC3(C)CCC(C)CC3)CC2)c1. The summed E-state index contributed by atoms with van der Waals surface area (Å²) in [5, 5.41) is 3.25. The van der Waals surface area contributed by atoms with Crippen LogP contribution in [0, 0.1) is 11.8 Å². The first-order chi connectivity index (χ1) is 13.6. The van der Waals surface area contributed by atoms with E-state index in [1.54, 1.807) is 12.1 Å². The number of nitrogens with zero attached hydrogens (tertiary/aromatic N) is 1. The number of carbonyl (C=O) groups excluding carboxylic acids is 2. The summed E-state index contributed by atoms with van der Waals surface area (Å²) in [7, 11) is -3.66. The van der Waals surface area contributed by atoms with Crippen LogP contribution in [0.4, 0.5) is 0 Å². The Kier molecular flexibility index (Phi) is 6.48. The van der Waals surface area contributed by atoms with E-state index in [0.717, 1.165) is 31.6 Å².